The Balaban J connectivity index is 1.85. The maximum Gasteiger partial charge on any atom is 0.0409 e. The van der Waals surface area contributed by atoms with Gasteiger partial charge in [0.1, 0.15) is 0 Å². The third-order valence-electron chi connectivity index (χ3n) is 4.56. The molecule has 2 aromatic carbocycles. The summed E-state index contributed by atoms with van der Waals surface area (Å²) in [5.41, 5.74) is 10.4. The van der Waals surface area contributed by atoms with Crippen LogP contribution in [-0.2, 0) is 5.54 Å². The van der Waals surface area contributed by atoms with E-state index in [9.17, 15) is 0 Å². The first-order valence-corrected chi connectivity index (χ1v) is 7.73. The summed E-state index contributed by atoms with van der Waals surface area (Å²) in [7, 11) is 0. The van der Waals surface area contributed by atoms with Crippen molar-refractivity contribution in [3.63, 3.8) is 0 Å². The topological polar surface area (TPSA) is 26.0 Å². The lowest BCUT2D eigenvalue weighted by atomic mass is 9.83. The van der Waals surface area contributed by atoms with Crippen molar-refractivity contribution in [1.29, 1.82) is 0 Å². The molecule has 2 N–H and O–H groups in total. The predicted octanol–water partition coefficient (Wildman–Crippen LogP) is 4.86. The van der Waals surface area contributed by atoms with Crippen molar-refractivity contribution >= 4 is 0 Å². The minimum atomic E-state index is -0.105. The van der Waals surface area contributed by atoms with Gasteiger partial charge in [0.15, 0.2) is 0 Å². The number of hydrogen-bond donors (Lipinski definition) is 1. The van der Waals surface area contributed by atoms with Crippen LogP contribution in [0.4, 0.5) is 0 Å². The summed E-state index contributed by atoms with van der Waals surface area (Å²) in [4.78, 5) is 0. The molecule has 2 aromatic rings. The molecule has 1 heteroatoms. The molecule has 0 radical (unpaired) electrons. The van der Waals surface area contributed by atoms with E-state index in [0.717, 1.165) is 12.8 Å². The van der Waals surface area contributed by atoms with E-state index in [1.807, 2.05) is 0 Å². The Morgan fingerprint density at radius 2 is 1.20 bits per heavy atom. The SMILES string of the molecule is NC1(c2ccc(-c3ccccc3)cc2)CCCCCC1. The molecule has 0 spiro atoms. The molecule has 0 saturated heterocycles. The van der Waals surface area contributed by atoms with Crippen LogP contribution in [-0.4, -0.2) is 0 Å². The van der Waals surface area contributed by atoms with E-state index in [1.165, 1.54) is 42.4 Å². The normalized spacial score (nSPS) is 18.4. The number of rotatable bonds is 2. The third-order valence-corrected chi connectivity index (χ3v) is 4.56. The lowest BCUT2D eigenvalue weighted by Gasteiger charge is -2.29. The number of nitrogens with two attached hydrogens (primary N) is 1. The number of benzene rings is 2. The Hall–Kier alpha value is -1.60. The molecule has 3 rings (SSSR count). The highest BCUT2D eigenvalue weighted by Crippen LogP contribution is 2.34. The Morgan fingerprint density at radius 1 is 0.650 bits per heavy atom. The molecule has 0 heterocycles. The molecule has 0 amide bonds. The standard InChI is InChI=1S/C19H23N/c20-19(14-6-1-2-7-15-19)18-12-10-17(11-13-18)16-8-4-3-5-9-16/h3-5,8-13H,1-2,6-7,14-15,20H2. The van der Waals surface area contributed by atoms with Crippen molar-refractivity contribution < 1.29 is 0 Å². The molecule has 20 heavy (non-hydrogen) atoms. The fraction of sp³-hybridized carbons (Fsp3) is 0.368. The fourth-order valence-corrected chi connectivity index (χ4v) is 3.27. The van der Waals surface area contributed by atoms with Crippen LogP contribution in [0.3, 0.4) is 0 Å². The van der Waals surface area contributed by atoms with Gasteiger partial charge in [-0.2, -0.15) is 0 Å². The van der Waals surface area contributed by atoms with Crippen molar-refractivity contribution in [2.75, 3.05) is 0 Å². The summed E-state index contributed by atoms with van der Waals surface area (Å²) in [6.45, 7) is 0. The monoisotopic (exact) mass is 265 g/mol. The molecular weight excluding hydrogens is 242 g/mol. The van der Waals surface area contributed by atoms with Gasteiger partial charge < -0.3 is 5.73 Å². The van der Waals surface area contributed by atoms with Gasteiger partial charge in [-0.1, -0.05) is 80.3 Å². The second-order valence-electron chi connectivity index (χ2n) is 6.01. The molecule has 0 bridgehead atoms. The zero-order valence-electron chi connectivity index (χ0n) is 12.0. The molecule has 1 aliphatic carbocycles. The van der Waals surface area contributed by atoms with Crippen molar-refractivity contribution in [1.82, 2.24) is 0 Å². The summed E-state index contributed by atoms with van der Waals surface area (Å²) in [5, 5.41) is 0. The van der Waals surface area contributed by atoms with E-state index < -0.39 is 0 Å². The van der Waals surface area contributed by atoms with E-state index in [4.69, 9.17) is 5.73 Å². The molecule has 0 atom stereocenters. The summed E-state index contributed by atoms with van der Waals surface area (Å²) in [5.74, 6) is 0. The van der Waals surface area contributed by atoms with Crippen LogP contribution in [0.15, 0.2) is 54.6 Å². The van der Waals surface area contributed by atoms with Crippen LogP contribution in [0.5, 0.6) is 0 Å². The first-order chi connectivity index (χ1) is 9.78. The van der Waals surface area contributed by atoms with Crippen molar-refractivity contribution in [3.8, 4) is 11.1 Å². The lowest BCUT2D eigenvalue weighted by molar-refractivity contribution is 0.385. The van der Waals surface area contributed by atoms with Gasteiger partial charge in [-0.05, 0) is 29.5 Å². The average Bonchev–Trinajstić information content (AvgIpc) is 2.74. The van der Waals surface area contributed by atoms with E-state index in [0.29, 0.717) is 0 Å². The van der Waals surface area contributed by atoms with Crippen LogP contribution in [0, 0.1) is 0 Å². The molecule has 0 aromatic heterocycles. The first-order valence-electron chi connectivity index (χ1n) is 7.73. The Bertz CT molecular complexity index is 534. The molecule has 104 valence electrons. The van der Waals surface area contributed by atoms with Gasteiger partial charge in [0, 0.05) is 5.54 Å². The maximum atomic E-state index is 6.67. The van der Waals surface area contributed by atoms with Crippen LogP contribution in [0.1, 0.15) is 44.1 Å². The largest absolute Gasteiger partial charge is 0.321 e. The molecule has 1 saturated carbocycles. The third kappa shape index (κ3) is 2.78. The molecule has 1 nitrogen and oxygen atoms in total. The minimum absolute atomic E-state index is 0.105. The Labute approximate surface area is 121 Å². The quantitative estimate of drug-likeness (QED) is 0.771. The molecule has 0 aliphatic heterocycles. The second-order valence-corrected chi connectivity index (χ2v) is 6.01. The van der Waals surface area contributed by atoms with E-state index in [2.05, 4.69) is 54.6 Å². The summed E-state index contributed by atoms with van der Waals surface area (Å²) < 4.78 is 0. The van der Waals surface area contributed by atoms with Crippen LogP contribution in [0.25, 0.3) is 11.1 Å². The zero-order chi connectivity index (χ0) is 13.8. The minimum Gasteiger partial charge on any atom is -0.321 e. The van der Waals surface area contributed by atoms with Gasteiger partial charge in [0.05, 0.1) is 0 Å². The smallest absolute Gasteiger partial charge is 0.0409 e. The average molecular weight is 265 g/mol. The zero-order valence-corrected chi connectivity index (χ0v) is 12.0. The van der Waals surface area contributed by atoms with Crippen molar-refractivity contribution in [2.24, 2.45) is 5.73 Å². The van der Waals surface area contributed by atoms with Crippen molar-refractivity contribution in [2.45, 2.75) is 44.1 Å². The second kappa shape index (κ2) is 5.80. The Morgan fingerprint density at radius 3 is 1.80 bits per heavy atom. The van der Waals surface area contributed by atoms with Crippen LogP contribution in [0.2, 0.25) is 0 Å². The van der Waals surface area contributed by atoms with Gasteiger partial charge in [0.25, 0.3) is 0 Å². The van der Waals surface area contributed by atoms with Crippen LogP contribution < -0.4 is 5.73 Å². The molecule has 0 unspecified atom stereocenters. The molecular formula is C19H23N. The maximum absolute atomic E-state index is 6.67. The predicted molar refractivity (Wildman–Crippen MR) is 85.4 cm³/mol. The number of hydrogen-bond acceptors (Lipinski definition) is 1. The lowest BCUT2D eigenvalue weighted by Crippen LogP contribution is -2.35. The van der Waals surface area contributed by atoms with Gasteiger partial charge in [-0.3, -0.25) is 0 Å². The fourth-order valence-electron chi connectivity index (χ4n) is 3.27. The highest BCUT2D eigenvalue weighted by Gasteiger charge is 2.27. The summed E-state index contributed by atoms with van der Waals surface area (Å²) in [6, 6.07) is 19.4. The highest BCUT2D eigenvalue weighted by atomic mass is 14.7. The Kier molecular flexibility index (Phi) is 3.88. The highest BCUT2D eigenvalue weighted by molar-refractivity contribution is 5.63. The summed E-state index contributed by atoms with van der Waals surface area (Å²) >= 11 is 0. The van der Waals surface area contributed by atoms with Gasteiger partial charge in [-0.15, -0.1) is 0 Å². The molecule has 1 fully saturated rings. The summed E-state index contributed by atoms with van der Waals surface area (Å²) in [6.07, 6.45) is 7.44. The van der Waals surface area contributed by atoms with Gasteiger partial charge >= 0.3 is 0 Å². The van der Waals surface area contributed by atoms with Crippen LogP contribution >= 0.6 is 0 Å². The van der Waals surface area contributed by atoms with E-state index >= 15 is 0 Å². The van der Waals surface area contributed by atoms with E-state index in [1.54, 1.807) is 0 Å². The first kappa shape index (κ1) is 13.4. The van der Waals surface area contributed by atoms with Gasteiger partial charge in [-0.25, -0.2) is 0 Å². The van der Waals surface area contributed by atoms with Gasteiger partial charge in [0.2, 0.25) is 0 Å². The van der Waals surface area contributed by atoms with E-state index in [-0.39, 0.29) is 5.54 Å². The molecule has 1 aliphatic rings. The van der Waals surface area contributed by atoms with Crippen molar-refractivity contribution in [3.05, 3.63) is 60.2 Å².